The molecule has 8 heteroatoms. The van der Waals surface area contributed by atoms with E-state index >= 15 is 0 Å². The summed E-state index contributed by atoms with van der Waals surface area (Å²) in [5.41, 5.74) is 5.06. The number of allylic oxidation sites excluding steroid dienone is 2. The number of thiazole rings is 1. The van der Waals surface area contributed by atoms with Gasteiger partial charge in [0.05, 0.1) is 29.6 Å². The molecule has 0 amide bonds. The van der Waals surface area contributed by atoms with Gasteiger partial charge in [0.1, 0.15) is 17.6 Å². The molecule has 1 unspecified atom stereocenters. The van der Waals surface area contributed by atoms with E-state index in [4.69, 9.17) is 19.5 Å². The number of hydrogen-bond acceptors (Lipinski definition) is 7. The molecular weight excluding hydrogens is 522 g/mol. The molecule has 0 radical (unpaired) electrons. The standard InChI is InChI=1S/C32H29N3O4S/c1-6-39-21(4)29-19(2)33-32-35(31(37)28(40-32)18-22-10-12-23(13-11-22)20(3)36)30(29)27-9-7-8-26(34-27)24-14-16-25(38-5)17-15-24/h7-18,30H,4,6H2,1-3,5H3/b28-18-. The molecule has 40 heavy (non-hydrogen) atoms. The summed E-state index contributed by atoms with van der Waals surface area (Å²) in [6.45, 7) is 9.92. The number of ether oxygens (including phenoxy) is 2. The second-order valence-electron chi connectivity index (χ2n) is 9.29. The first-order valence-electron chi connectivity index (χ1n) is 12.9. The SMILES string of the molecule is C=C(OCC)C1=C(C)N=c2s/c(=C\c3ccc(C(C)=O)cc3)c(=O)n2C1c1cccc(-c2ccc(OC)cc2)n1. The Kier molecular flexibility index (Phi) is 7.62. The molecule has 1 atom stereocenters. The molecule has 2 aromatic carbocycles. The van der Waals surface area contributed by atoms with Gasteiger partial charge in [-0.2, -0.15) is 0 Å². The van der Waals surface area contributed by atoms with Gasteiger partial charge in [-0.3, -0.25) is 19.1 Å². The zero-order chi connectivity index (χ0) is 28.4. The van der Waals surface area contributed by atoms with Crippen molar-refractivity contribution < 1.29 is 14.3 Å². The molecular formula is C32H29N3O4S. The van der Waals surface area contributed by atoms with Crippen LogP contribution in [0.4, 0.5) is 0 Å². The lowest BCUT2D eigenvalue weighted by molar-refractivity contribution is 0.101. The number of aromatic nitrogens is 2. The van der Waals surface area contributed by atoms with Crippen molar-refractivity contribution in [2.75, 3.05) is 13.7 Å². The van der Waals surface area contributed by atoms with Crippen LogP contribution in [0.3, 0.4) is 0 Å². The lowest BCUT2D eigenvalue weighted by Crippen LogP contribution is -2.39. The Hall–Kier alpha value is -4.56. The Morgan fingerprint density at radius 3 is 2.48 bits per heavy atom. The smallest absolute Gasteiger partial charge is 0.271 e. The summed E-state index contributed by atoms with van der Waals surface area (Å²) in [5, 5.41) is 0. The number of ketones is 1. The normalized spacial score (nSPS) is 14.9. The van der Waals surface area contributed by atoms with Gasteiger partial charge in [0.15, 0.2) is 10.6 Å². The highest BCUT2D eigenvalue weighted by Gasteiger charge is 2.31. The summed E-state index contributed by atoms with van der Waals surface area (Å²) >= 11 is 1.32. The molecule has 5 rings (SSSR count). The Morgan fingerprint density at radius 2 is 1.82 bits per heavy atom. The first kappa shape index (κ1) is 27.0. The maximum atomic E-state index is 13.9. The fourth-order valence-corrected chi connectivity index (χ4v) is 5.75. The Labute approximate surface area is 236 Å². The summed E-state index contributed by atoms with van der Waals surface area (Å²) in [6.07, 6.45) is 1.82. The van der Waals surface area contributed by atoms with Crippen LogP contribution in [0.2, 0.25) is 0 Å². The molecule has 1 aliphatic heterocycles. The monoisotopic (exact) mass is 551 g/mol. The fourth-order valence-electron chi connectivity index (χ4n) is 4.70. The molecule has 0 aliphatic carbocycles. The topological polar surface area (TPSA) is 82.8 Å². The third-order valence-corrected chi connectivity index (χ3v) is 7.68. The maximum Gasteiger partial charge on any atom is 0.271 e. The minimum atomic E-state index is -0.573. The molecule has 0 saturated heterocycles. The summed E-state index contributed by atoms with van der Waals surface area (Å²) in [7, 11) is 1.63. The first-order valence-corrected chi connectivity index (χ1v) is 13.7. The highest BCUT2D eigenvalue weighted by molar-refractivity contribution is 7.07. The molecule has 2 aromatic heterocycles. The van der Waals surface area contributed by atoms with Crippen LogP contribution in [0.25, 0.3) is 17.3 Å². The molecule has 0 spiro atoms. The van der Waals surface area contributed by atoms with Gasteiger partial charge in [-0.1, -0.05) is 48.2 Å². The van der Waals surface area contributed by atoms with Gasteiger partial charge in [-0.15, -0.1) is 0 Å². The largest absolute Gasteiger partial charge is 0.497 e. The van der Waals surface area contributed by atoms with E-state index in [0.29, 0.717) is 38.5 Å². The number of fused-ring (bicyclic) bond motifs is 1. The van der Waals surface area contributed by atoms with Crippen molar-refractivity contribution in [3.8, 4) is 17.0 Å². The number of rotatable bonds is 8. The lowest BCUT2D eigenvalue weighted by Gasteiger charge is -2.26. The van der Waals surface area contributed by atoms with Crippen LogP contribution in [0, 0.1) is 0 Å². The Balaban J connectivity index is 1.67. The van der Waals surface area contributed by atoms with Crippen LogP contribution >= 0.6 is 11.3 Å². The molecule has 3 heterocycles. The summed E-state index contributed by atoms with van der Waals surface area (Å²) in [6, 6.07) is 20.1. The zero-order valence-corrected chi connectivity index (χ0v) is 23.6. The van der Waals surface area contributed by atoms with E-state index in [1.807, 2.05) is 74.5 Å². The fraction of sp³-hybridized carbons (Fsp3) is 0.188. The maximum absolute atomic E-state index is 13.9. The predicted molar refractivity (Wildman–Crippen MR) is 157 cm³/mol. The molecule has 202 valence electrons. The molecule has 4 aromatic rings. The molecule has 0 N–H and O–H groups in total. The van der Waals surface area contributed by atoms with Crippen LogP contribution in [0.15, 0.2) is 100 Å². The second-order valence-corrected chi connectivity index (χ2v) is 10.3. The van der Waals surface area contributed by atoms with Gasteiger partial charge in [-0.25, -0.2) is 4.99 Å². The van der Waals surface area contributed by atoms with Crippen molar-refractivity contribution in [1.82, 2.24) is 9.55 Å². The van der Waals surface area contributed by atoms with Gasteiger partial charge in [-0.05, 0) is 68.8 Å². The Morgan fingerprint density at radius 1 is 1.10 bits per heavy atom. The number of carbonyl (C=O) groups excluding carboxylic acids is 1. The van der Waals surface area contributed by atoms with Gasteiger partial charge >= 0.3 is 0 Å². The highest BCUT2D eigenvalue weighted by Crippen LogP contribution is 2.34. The van der Waals surface area contributed by atoms with E-state index < -0.39 is 6.04 Å². The lowest BCUT2D eigenvalue weighted by atomic mass is 9.97. The van der Waals surface area contributed by atoms with Crippen molar-refractivity contribution in [3.05, 3.63) is 127 Å². The zero-order valence-electron chi connectivity index (χ0n) is 22.8. The first-order chi connectivity index (χ1) is 19.3. The van der Waals surface area contributed by atoms with Crippen LogP contribution < -0.4 is 19.6 Å². The van der Waals surface area contributed by atoms with Gasteiger partial charge in [0, 0.05) is 22.4 Å². The number of nitrogens with zero attached hydrogens (tertiary/aromatic N) is 3. The van der Waals surface area contributed by atoms with Gasteiger partial charge < -0.3 is 9.47 Å². The third-order valence-electron chi connectivity index (χ3n) is 6.69. The highest BCUT2D eigenvalue weighted by atomic mass is 32.1. The van der Waals surface area contributed by atoms with Gasteiger partial charge in [0.2, 0.25) is 0 Å². The second kappa shape index (κ2) is 11.3. The minimum Gasteiger partial charge on any atom is -0.497 e. The summed E-state index contributed by atoms with van der Waals surface area (Å²) in [4.78, 5) is 36.0. The number of Topliss-reactive ketones (excluding diaryl/α,β-unsaturated/α-hetero) is 1. The van der Waals surface area contributed by atoms with Crippen LogP contribution in [-0.2, 0) is 4.74 Å². The van der Waals surface area contributed by atoms with Crippen LogP contribution in [0.1, 0.15) is 48.4 Å². The van der Waals surface area contributed by atoms with Crippen molar-refractivity contribution >= 4 is 23.2 Å². The van der Waals surface area contributed by atoms with Crippen molar-refractivity contribution in [2.45, 2.75) is 26.8 Å². The van der Waals surface area contributed by atoms with Crippen molar-refractivity contribution in [2.24, 2.45) is 4.99 Å². The molecule has 0 fully saturated rings. The average Bonchev–Trinajstić information content (AvgIpc) is 3.26. The van der Waals surface area contributed by atoms with E-state index in [9.17, 15) is 9.59 Å². The van der Waals surface area contributed by atoms with Crippen molar-refractivity contribution in [3.63, 3.8) is 0 Å². The van der Waals surface area contributed by atoms with E-state index in [-0.39, 0.29) is 11.3 Å². The quantitative estimate of drug-likeness (QED) is 0.226. The minimum absolute atomic E-state index is 0.00664. The van der Waals surface area contributed by atoms with E-state index in [1.165, 1.54) is 18.3 Å². The number of pyridine rings is 1. The Bertz CT molecular complexity index is 1810. The van der Waals surface area contributed by atoms with Crippen molar-refractivity contribution in [1.29, 1.82) is 0 Å². The van der Waals surface area contributed by atoms with Crippen LogP contribution in [0.5, 0.6) is 5.75 Å². The number of carbonyl (C=O) groups is 1. The van der Waals surface area contributed by atoms with E-state index in [0.717, 1.165) is 28.3 Å². The number of methoxy groups -OCH3 is 1. The van der Waals surface area contributed by atoms with Crippen LogP contribution in [-0.4, -0.2) is 29.1 Å². The third kappa shape index (κ3) is 5.18. The summed E-state index contributed by atoms with van der Waals surface area (Å²) in [5.74, 6) is 1.21. The number of benzene rings is 2. The summed E-state index contributed by atoms with van der Waals surface area (Å²) < 4.78 is 13.3. The van der Waals surface area contributed by atoms with E-state index in [1.54, 1.807) is 23.8 Å². The van der Waals surface area contributed by atoms with E-state index in [2.05, 4.69) is 6.58 Å². The molecule has 1 aliphatic rings. The molecule has 0 bridgehead atoms. The number of hydrogen-bond donors (Lipinski definition) is 0. The predicted octanol–water partition coefficient (Wildman–Crippen LogP) is 5.06. The molecule has 0 saturated carbocycles. The average molecular weight is 552 g/mol. The molecule has 7 nitrogen and oxygen atoms in total. The van der Waals surface area contributed by atoms with Gasteiger partial charge in [0.25, 0.3) is 5.56 Å².